The monoisotopic (exact) mass is 340 g/mol. The van der Waals surface area contributed by atoms with E-state index in [0.717, 1.165) is 24.2 Å². The maximum atomic E-state index is 11.8. The first-order chi connectivity index (χ1) is 11.4. The number of likely N-dealkylation sites (N-methyl/N-ethyl adjacent to an activating group) is 1. The van der Waals surface area contributed by atoms with Crippen molar-refractivity contribution in [2.24, 2.45) is 5.73 Å². The van der Waals surface area contributed by atoms with E-state index in [4.69, 9.17) is 10.8 Å². The van der Waals surface area contributed by atoms with E-state index in [2.05, 4.69) is 6.92 Å². The van der Waals surface area contributed by atoms with Crippen molar-refractivity contribution in [1.29, 1.82) is 0 Å². The summed E-state index contributed by atoms with van der Waals surface area (Å²) < 4.78 is 0. The third-order valence-corrected chi connectivity index (χ3v) is 3.93. The van der Waals surface area contributed by atoms with Crippen LogP contribution in [0.5, 0.6) is 0 Å². The van der Waals surface area contributed by atoms with Crippen molar-refractivity contribution in [2.75, 3.05) is 7.05 Å². The first-order valence-corrected chi connectivity index (χ1v) is 8.85. The molecule has 0 rings (SSSR count). The van der Waals surface area contributed by atoms with Crippen LogP contribution in [0.15, 0.2) is 12.2 Å². The molecule has 0 saturated heterocycles. The van der Waals surface area contributed by atoms with Crippen molar-refractivity contribution >= 4 is 17.8 Å². The van der Waals surface area contributed by atoms with E-state index >= 15 is 0 Å². The molecule has 6 heteroatoms. The Bertz CT molecular complexity index is 421. The lowest BCUT2D eigenvalue weighted by atomic mass is 10.1. The van der Waals surface area contributed by atoms with E-state index in [-0.39, 0.29) is 18.7 Å². The maximum Gasteiger partial charge on any atom is 0.320 e. The normalized spacial score (nSPS) is 12.3. The Hall–Kier alpha value is -1.69. The number of carbonyl (C=O) groups excluding carboxylic acids is 2. The molecule has 0 aliphatic rings. The van der Waals surface area contributed by atoms with Gasteiger partial charge in [0.1, 0.15) is 6.04 Å². The van der Waals surface area contributed by atoms with Crippen LogP contribution < -0.4 is 5.73 Å². The first-order valence-electron chi connectivity index (χ1n) is 8.85. The van der Waals surface area contributed by atoms with Gasteiger partial charge in [0.05, 0.1) is 0 Å². The number of hydrogen-bond donors (Lipinski definition) is 2. The highest BCUT2D eigenvalue weighted by Gasteiger charge is 2.18. The predicted molar refractivity (Wildman–Crippen MR) is 94.4 cm³/mol. The van der Waals surface area contributed by atoms with Crippen LogP contribution in [0.3, 0.4) is 0 Å². The summed E-state index contributed by atoms with van der Waals surface area (Å²) in [6.45, 7) is 2.20. The number of unbranched alkanes of at least 4 members (excludes halogenated alkanes) is 7. The van der Waals surface area contributed by atoms with Gasteiger partial charge in [-0.2, -0.15) is 0 Å². The molecule has 0 aromatic carbocycles. The minimum absolute atomic E-state index is 0.0214. The number of rotatable bonds is 13. The van der Waals surface area contributed by atoms with Crippen LogP contribution in [0.2, 0.25) is 0 Å². The minimum Gasteiger partial charge on any atom is -0.480 e. The quantitative estimate of drug-likeness (QED) is 0.396. The van der Waals surface area contributed by atoms with Gasteiger partial charge in [-0.3, -0.25) is 19.3 Å². The van der Waals surface area contributed by atoms with E-state index < -0.39 is 17.9 Å². The lowest BCUT2D eigenvalue weighted by Gasteiger charge is -2.14. The molecule has 6 nitrogen and oxygen atoms in total. The molecule has 3 N–H and O–H groups in total. The molecular formula is C18H32N2O4. The fourth-order valence-corrected chi connectivity index (χ4v) is 2.21. The number of carboxylic acids is 1. The third kappa shape index (κ3) is 10.9. The summed E-state index contributed by atoms with van der Waals surface area (Å²) in [5.74, 6) is -1.95. The molecule has 24 heavy (non-hydrogen) atoms. The molecule has 0 aliphatic heterocycles. The standard InChI is InChI=1S/C18H32N2O4/c1-3-4-5-6-7-8-9-10-11-12-16(21)20(2)17(22)14-13-15(19)18(23)24/h11-12,15H,3-10,13-14,19H2,1-2H3,(H,23,24)/b12-11+. The Labute approximate surface area is 145 Å². The molecule has 1 atom stereocenters. The van der Waals surface area contributed by atoms with Crippen LogP contribution in [0.25, 0.3) is 0 Å². The van der Waals surface area contributed by atoms with E-state index in [1.54, 1.807) is 6.08 Å². The molecular weight excluding hydrogens is 308 g/mol. The first kappa shape index (κ1) is 22.3. The second-order valence-corrected chi connectivity index (χ2v) is 6.09. The van der Waals surface area contributed by atoms with E-state index in [1.807, 2.05) is 0 Å². The van der Waals surface area contributed by atoms with Gasteiger partial charge in [0.25, 0.3) is 5.91 Å². The van der Waals surface area contributed by atoms with Crippen LogP contribution >= 0.6 is 0 Å². The molecule has 0 bridgehead atoms. The van der Waals surface area contributed by atoms with Gasteiger partial charge in [0, 0.05) is 13.5 Å². The molecule has 0 spiro atoms. The summed E-state index contributed by atoms with van der Waals surface area (Å²) in [5.41, 5.74) is 5.34. The zero-order chi connectivity index (χ0) is 18.4. The van der Waals surface area contributed by atoms with E-state index in [9.17, 15) is 14.4 Å². The van der Waals surface area contributed by atoms with Crippen LogP contribution in [0.4, 0.5) is 0 Å². The highest BCUT2D eigenvalue weighted by atomic mass is 16.4. The predicted octanol–water partition coefficient (Wildman–Crippen LogP) is 2.86. The zero-order valence-electron chi connectivity index (χ0n) is 15.0. The van der Waals surface area contributed by atoms with Gasteiger partial charge in [-0.25, -0.2) is 0 Å². The van der Waals surface area contributed by atoms with Crippen LogP contribution in [0, 0.1) is 0 Å². The third-order valence-electron chi connectivity index (χ3n) is 3.93. The van der Waals surface area contributed by atoms with Crippen LogP contribution in [-0.2, 0) is 14.4 Å². The Morgan fingerprint density at radius 1 is 1.08 bits per heavy atom. The van der Waals surface area contributed by atoms with E-state index in [0.29, 0.717) is 0 Å². The summed E-state index contributed by atoms with van der Waals surface area (Å²) in [6.07, 6.45) is 12.5. The SMILES string of the molecule is CCCCCCCCC/C=C/C(=O)N(C)C(=O)CCC(N)C(=O)O. The summed E-state index contributed by atoms with van der Waals surface area (Å²) in [4.78, 5) is 35.2. The second kappa shape index (κ2) is 13.7. The van der Waals surface area contributed by atoms with Crippen molar-refractivity contribution in [1.82, 2.24) is 4.90 Å². The number of nitrogens with zero attached hydrogens (tertiary/aromatic N) is 1. The average Bonchev–Trinajstić information content (AvgIpc) is 2.56. The minimum atomic E-state index is -1.15. The molecule has 0 heterocycles. The van der Waals surface area contributed by atoms with Gasteiger partial charge >= 0.3 is 5.97 Å². The van der Waals surface area contributed by atoms with Crippen molar-refractivity contribution in [3.8, 4) is 0 Å². The van der Waals surface area contributed by atoms with Gasteiger partial charge < -0.3 is 10.8 Å². The molecule has 0 radical (unpaired) electrons. The van der Waals surface area contributed by atoms with Gasteiger partial charge in [0.15, 0.2) is 0 Å². The number of allylic oxidation sites excluding steroid dienone is 1. The van der Waals surface area contributed by atoms with Gasteiger partial charge in [-0.1, -0.05) is 51.5 Å². The maximum absolute atomic E-state index is 11.8. The molecule has 1 unspecified atom stereocenters. The lowest BCUT2D eigenvalue weighted by Crippen LogP contribution is -2.35. The number of amides is 2. The number of aliphatic carboxylic acids is 1. The smallest absolute Gasteiger partial charge is 0.320 e. The molecule has 0 aliphatic carbocycles. The summed E-state index contributed by atoms with van der Waals surface area (Å²) >= 11 is 0. The Morgan fingerprint density at radius 3 is 2.25 bits per heavy atom. The summed E-state index contributed by atoms with van der Waals surface area (Å²) in [7, 11) is 1.40. The summed E-state index contributed by atoms with van der Waals surface area (Å²) in [6, 6.07) is -1.08. The molecule has 2 amide bonds. The average molecular weight is 340 g/mol. The topological polar surface area (TPSA) is 101 Å². The van der Waals surface area contributed by atoms with Crippen molar-refractivity contribution < 1.29 is 19.5 Å². The number of hydrogen-bond acceptors (Lipinski definition) is 4. The molecule has 0 aromatic heterocycles. The fraction of sp³-hybridized carbons (Fsp3) is 0.722. The number of nitrogens with two attached hydrogens (primary N) is 1. The largest absolute Gasteiger partial charge is 0.480 e. The molecule has 0 aromatic rings. The Balaban J connectivity index is 3.87. The van der Waals surface area contributed by atoms with E-state index in [1.165, 1.54) is 45.2 Å². The molecule has 0 fully saturated rings. The van der Waals surface area contributed by atoms with Crippen molar-refractivity contribution in [3.63, 3.8) is 0 Å². The van der Waals surface area contributed by atoms with Crippen molar-refractivity contribution in [2.45, 2.75) is 77.2 Å². The molecule has 0 saturated carbocycles. The van der Waals surface area contributed by atoms with Crippen molar-refractivity contribution in [3.05, 3.63) is 12.2 Å². The Kier molecular flexibility index (Phi) is 12.8. The fourth-order valence-electron chi connectivity index (χ4n) is 2.21. The summed E-state index contributed by atoms with van der Waals surface area (Å²) in [5, 5.41) is 8.66. The van der Waals surface area contributed by atoms with Crippen LogP contribution in [0.1, 0.15) is 71.1 Å². The Morgan fingerprint density at radius 2 is 1.67 bits per heavy atom. The molecule has 138 valence electrons. The highest BCUT2D eigenvalue weighted by Crippen LogP contribution is 2.08. The number of carboxylic acid groups (broad SMARTS) is 1. The zero-order valence-corrected chi connectivity index (χ0v) is 15.0. The number of imide groups is 1. The lowest BCUT2D eigenvalue weighted by molar-refractivity contribution is -0.140. The van der Waals surface area contributed by atoms with Gasteiger partial charge in [0.2, 0.25) is 5.91 Å². The second-order valence-electron chi connectivity index (χ2n) is 6.09. The van der Waals surface area contributed by atoms with Crippen LogP contribution in [-0.4, -0.2) is 40.9 Å². The number of carbonyl (C=O) groups is 3. The van der Waals surface area contributed by atoms with Gasteiger partial charge in [-0.15, -0.1) is 0 Å². The van der Waals surface area contributed by atoms with Gasteiger partial charge in [-0.05, 0) is 25.3 Å². The highest BCUT2D eigenvalue weighted by molar-refractivity contribution is 6.00.